The fraction of sp³-hybridized carbons (Fsp3) is 1.00. The van der Waals surface area contributed by atoms with Crippen LogP contribution in [0.4, 0.5) is 0 Å². The van der Waals surface area contributed by atoms with Crippen molar-refractivity contribution in [3.05, 3.63) is 0 Å². The molecule has 2 rings (SSSR count). The van der Waals surface area contributed by atoms with Gasteiger partial charge in [-0.3, -0.25) is 4.90 Å². The monoisotopic (exact) mass is 212 g/mol. The highest BCUT2D eigenvalue weighted by molar-refractivity contribution is 4.98. The van der Waals surface area contributed by atoms with Crippen LogP contribution in [0.5, 0.6) is 0 Å². The van der Waals surface area contributed by atoms with Crippen molar-refractivity contribution in [1.82, 2.24) is 4.90 Å². The first-order chi connectivity index (χ1) is 7.29. The lowest BCUT2D eigenvalue weighted by atomic mass is 10.0. The smallest absolute Gasteiger partial charge is 0.0589 e. The molecular weight excluding hydrogens is 188 g/mol. The van der Waals surface area contributed by atoms with Gasteiger partial charge >= 0.3 is 0 Å². The second-order valence-corrected chi connectivity index (χ2v) is 5.23. The summed E-state index contributed by atoms with van der Waals surface area (Å²) in [5.74, 6) is 0. The summed E-state index contributed by atoms with van der Waals surface area (Å²) in [5, 5.41) is 0. The predicted octanol–water partition coefficient (Wildman–Crippen LogP) is 1.23. The van der Waals surface area contributed by atoms with E-state index < -0.39 is 0 Å². The van der Waals surface area contributed by atoms with Gasteiger partial charge in [-0.2, -0.15) is 0 Å². The van der Waals surface area contributed by atoms with E-state index in [1.165, 1.54) is 38.6 Å². The quantitative estimate of drug-likeness (QED) is 0.657. The van der Waals surface area contributed by atoms with Crippen LogP contribution in [-0.2, 0) is 4.74 Å². The van der Waals surface area contributed by atoms with Crippen LogP contribution in [0.25, 0.3) is 0 Å². The molecular formula is C12H24N2O. The van der Waals surface area contributed by atoms with Crippen molar-refractivity contribution in [1.29, 1.82) is 0 Å². The van der Waals surface area contributed by atoms with Crippen molar-refractivity contribution in [2.24, 2.45) is 11.1 Å². The summed E-state index contributed by atoms with van der Waals surface area (Å²) >= 11 is 0. The molecule has 2 aliphatic carbocycles. The molecule has 0 spiro atoms. The minimum Gasteiger partial charge on any atom is -0.383 e. The minimum atomic E-state index is 0.588. The predicted molar refractivity (Wildman–Crippen MR) is 61.8 cm³/mol. The van der Waals surface area contributed by atoms with Crippen LogP contribution >= 0.6 is 0 Å². The fourth-order valence-corrected chi connectivity index (χ4v) is 2.44. The van der Waals surface area contributed by atoms with Gasteiger partial charge in [0.05, 0.1) is 6.61 Å². The zero-order valence-corrected chi connectivity index (χ0v) is 9.87. The third kappa shape index (κ3) is 3.16. The van der Waals surface area contributed by atoms with Gasteiger partial charge < -0.3 is 10.5 Å². The lowest BCUT2D eigenvalue weighted by Crippen LogP contribution is -2.35. The highest BCUT2D eigenvalue weighted by Crippen LogP contribution is 2.50. The van der Waals surface area contributed by atoms with E-state index in [1.54, 1.807) is 7.11 Å². The fourth-order valence-electron chi connectivity index (χ4n) is 2.44. The largest absolute Gasteiger partial charge is 0.383 e. The second kappa shape index (κ2) is 4.81. The molecule has 0 aliphatic heterocycles. The lowest BCUT2D eigenvalue weighted by molar-refractivity contribution is 0.126. The first-order valence-electron chi connectivity index (χ1n) is 6.23. The van der Waals surface area contributed by atoms with E-state index in [0.29, 0.717) is 5.41 Å². The first-order valence-corrected chi connectivity index (χ1v) is 6.23. The third-order valence-electron chi connectivity index (χ3n) is 3.82. The SMILES string of the molecule is COCCN(CC1(CCN)CC1)C1CC1. The number of rotatable bonds is 8. The van der Waals surface area contributed by atoms with Crippen molar-refractivity contribution < 1.29 is 4.74 Å². The molecule has 15 heavy (non-hydrogen) atoms. The molecule has 0 aromatic carbocycles. The molecule has 88 valence electrons. The molecule has 0 unspecified atom stereocenters. The summed E-state index contributed by atoms with van der Waals surface area (Å²) < 4.78 is 5.18. The van der Waals surface area contributed by atoms with Gasteiger partial charge in [-0.05, 0) is 44.1 Å². The van der Waals surface area contributed by atoms with Crippen molar-refractivity contribution in [3.63, 3.8) is 0 Å². The van der Waals surface area contributed by atoms with Crippen LogP contribution in [0.3, 0.4) is 0 Å². The van der Waals surface area contributed by atoms with Crippen LogP contribution in [0.2, 0.25) is 0 Å². The molecule has 0 bridgehead atoms. The average molecular weight is 212 g/mol. The maximum absolute atomic E-state index is 5.68. The van der Waals surface area contributed by atoms with E-state index in [1.807, 2.05) is 0 Å². The normalized spacial score (nSPS) is 23.4. The number of ether oxygens (including phenoxy) is 1. The van der Waals surface area contributed by atoms with Crippen LogP contribution in [0.15, 0.2) is 0 Å². The molecule has 0 atom stereocenters. The van der Waals surface area contributed by atoms with E-state index in [0.717, 1.165) is 25.7 Å². The van der Waals surface area contributed by atoms with Gasteiger partial charge in [-0.1, -0.05) is 0 Å². The van der Waals surface area contributed by atoms with Crippen molar-refractivity contribution in [3.8, 4) is 0 Å². The minimum absolute atomic E-state index is 0.588. The number of hydrogen-bond acceptors (Lipinski definition) is 3. The molecule has 2 fully saturated rings. The highest BCUT2D eigenvalue weighted by Gasteiger charge is 2.45. The van der Waals surface area contributed by atoms with E-state index in [9.17, 15) is 0 Å². The van der Waals surface area contributed by atoms with E-state index in [-0.39, 0.29) is 0 Å². The Morgan fingerprint density at radius 2 is 2.13 bits per heavy atom. The van der Waals surface area contributed by atoms with Crippen LogP contribution in [0, 0.1) is 5.41 Å². The van der Waals surface area contributed by atoms with Gasteiger partial charge in [-0.15, -0.1) is 0 Å². The van der Waals surface area contributed by atoms with Gasteiger partial charge in [0, 0.05) is 26.2 Å². The highest BCUT2D eigenvalue weighted by atomic mass is 16.5. The van der Waals surface area contributed by atoms with Crippen molar-refractivity contribution >= 4 is 0 Å². The summed E-state index contributed by atoms with van der Waals surface area (Å²) in [5.41, 5.74) is 6.27. The Labute approximate surface area is 93.0 Å². The molecule has 3 nitrogen and oxygen atoms in total. The Morgan fingerprint density at radius 3 is 2.60 bits per heavy atom. The van der Waals surface area contributed by atoms with Crippen LogP contribution < -0.4 is 5.73 Å². The van der Waals surface area contributed by atoms with E-state index >= 15 is 0 Å². The lowest BCUT2D eigenvalue weighted by Gasteiger charge is -2.27. The summed E-state index contributed by atoms with van der Waals surface area (Å²) in [7, 11) is 1.79. The molecule has 0 amide bonds. The Bertz CT molecular complexity index is 200. The molecule has 0 aromatic rings. The standard InChI is InChI=1S/C12H24N2O/c1-15-9-8-14(11-2-3-11)10-12(4-5-12)6-7-13/h11H,2-10,13H2,1H3. The van der Waals surface area contributed by atoms with Crippen molar-refractivity contribution in [2.75, 3.05) is 33.4 Å². The molecule has 0 heterocycles. The Hall–Kier alpha value is -0.120. The van der Waals surface area contributed by atoms with Gasteiger partial charge in [0.2, 0.25) is 0 Å². The van der Waals surface area contributed by atoms with Gasteiger partial charge in [0.1, 0.15) is 0 Å². The maximum atomic E-state index is 5.68. The second-order valence-electron chi connectivity index (χ2n) is 5.23. The first kappa shape index (κ1) is 11.4. The topological polar surface area (TPSA) is 38.5 Å². The number of nitrogens with two attached hydrogens (primary N) is 1. The number of methoxy groups -OCH3 is 1. The maximum Gasteiger partial charge on any atom is 0.0589 e. The average Bonchev–Trinajstić information content (AvgIpc) is 3.07. The van der Waals surface area contributed by atoms with Crippen molar-refractivity contribution in [2.45, 2.75) is 38.1 Å². The summed E-state index contributed by atoms with van der Waals surface area (Å²) in [6.45, 7) is 4.09. The van der Waals surface area contributed by atoms with E-state index in [2.05, 4.69) is 4.90 Å². The molecule has 0 aromatic heterocycles. The molecule has 3 heteroatoms. The molecule has 2 N–H and O–H groups in total. The summed E-state index contributed by atoms with van der Waals surface area (Å²) in [4.78, 5) is 2.63. The van der Waals surface area contributed by atoms with Gasteiger partial charge in [0.15, 0.2) is 0 Å². The molecule has 0 radical (unpaired) electrons. The third-order valence-corrected chi connectivity index (χ3v) is 3.82. The molecule has 2 saturated carbocycles. The number of hydrogen-bond donors (Lipinski definition) is 1. The molecule has 0 saturated heterocycles. The number of nitrogens with zero attached hydrogens (tertiary/aromatic N) is 1. The molecule has 2 aliphatic rings. The van der Waals surface area contributed by atoms with E-state index in [4.69, 9.17) is 10.5 Å². The summed E-state index contributed by atoms with van der Waals surface area (Å²) in [6.07, 6.45) is 6.77. The zero-order chi connectivity index (χ0) is 10.7. The van der Waals surface area contributed by atoms with Crippen LogP contribution in [0.1, 0.15) is 32.1 Å². The zero-order valence-electron chi connectivity index (χ0n) is 9.87. The summed E-state index contributed by atoms with van der Waals surface area (Å²) in [6, 6.07) is 0.857. The Balaban J connectivity index is 1.78. The van der Waals surface area contributed by atoms with Crippen LogP contribution in [-0.4, -0.2) is 44.3 Å². The van der Waals surface area contributed by atoms with Gasteiger partial charge in [0.25, 0.3) is 0 Å². The Morgan fingerprint density at radius 1 is 1.40 bits per heavy atom. The van der Waals surface area contributed by atoms with Gasteiger partial charge in [-0.25, -0.2) is 0 Å². The Kier molecular flexibility index (Phi) is 3.65.